The van der Waals surface area contributed by atoms with Gasteiger partial charge in [0.2, 0.25) is 0 Å². The first-order chi connectivity index (χ1) is 11.6. The van der Waals surface area contributed by atoms with Gasteiger partial charge in [-0.3, -0.25) is 9.78 Å². The molecule has 0 aliphatic heterocycles. The highest BCUT2D eigenvalue weighted by Crippen LogP contribution is 2.19. The fourth-order valence-electron chi connectivity index (χ4n) is 2.28. The molecular formula is C18H16FN3OS. The Morgan fingerprint density at radius 3 is 2.62 bits per heavy atom. The summed E-state index contributed by atoms with van der Waals surface area (Å²) < 4.78 is 12.9. The molecule has 3 rings (SSSR count). The lowest BCUT2D eigenvalue weighted by molar-refractivity contribution is 0.0944. The van der Waals surface area contributed by atoms with Crippen molar-refractivity contribution in [2.24, 2.45) is 0 Å². The van der Waals surface area contributed by atoms with Crippen LogP contribution in [0.15, 0.2) is 55.0 Å². The van der Waals surface area contributed by atoms with Gasteiger partial charge in [-0.15, -0.1) is 11.3 Å². The normalized spacial score (nSPS) is 11.9. The molecule has 0 saturated heterocycles. The van der Waals surface area contributed by atoms with Crippen LogP contribution in [-0.2, 0) is 6.42 Å². The van der Waals surface area contributed by atoms with Crippen molar-refractivity contribution in [3.63, 3.8) is 0 Å². The number of thiazole rings is 1. The van der Waals surface area contributed by atoms with E-state index in [1.165, 1.54) is 23.5 Å². The van der Waals surface area contributed by atoms with E-state index in [1.54, 1.807) is 30.7 Å². The average molecular weight is 341 g/mol. The number of amides is 1. The standard InChI is InChI=1S/C18H16FN3OS/c1-12(14-6-8-20-9-7-14)22-18(23)16-11-21-17(24-16)10-13-2-4-15(19)5-3-13/h2-9,11-12H,10H2,1H3,(H,22,23)/t12-/m1/s1. The van der Waals surface area contributed by atoms with Gasteiger partial charge in [0, 0.05) is 18.8 Å². The van der Waals surface area contributed by atoms with Crippen LogP contribution in [0, 0.1) is 5.82 Å². The first-order valence-corrected chi connectivity index (χ1v) is 8.33. The van der Waals surface area contributed by atoms with Gasteiger partial charge in [0.25, 0.3) is 5.91 Å². The minimum Gasteiger partial charge on any atom is -0.345 e. The number of carbonyl (C=O) groups is 1. The summed E-state index contributed by atoms with van der Waals surface area (Å²) in [6, 6.07) is 9.93. The molecule has 1 N–H and O–H groups in total. The molecule has 0 spiro atoms. The molecule has 1 amide bonds. The van der Waals surface area contributed by atoms with E-state index in [0.29, 0.717) is 11.3 Å². The maximum absolute atomic E-state index is 12.9. The van der Waals surface area contributed by atoms with Crippen LogP contribution >= 0.6 is 11.3 Å². The number of nitrogens with one attached hydrogen (secondary N) is 1. The molecular weight excluding hydrogens is 325 g/mol. The average Bonchev–Trinajstić information content (AvgIpc) is 3.06. The highest BCUT2D eigenvalue weighted by atomic mass is 32.1. The van der Waals surface area contributed by atoms with Crippen LogP contribution in [0.25, 0.3) is 0 Å². The van der Waals surface area contributed by atoms with Gasteiger partial charge >= 0.3 is 0 Å². The number of aromatic nitrogens is 2. The van der Waals surface area contributed by atoms with Crippen LogP contribution in [0.1, 0.15) is 38.8 Å². The molecule has 0 saturated carbocycles. The van der Waals surface area contributed by atoms with Crippen LogP contribution in [0.3, 0.4) is 0 Å². The molecule has 24 heavy (non-hydrogen) atoms. The minimum absolute atomic E-state index is 0.108. The number of hydrogen-bond acceptors (Lipinski definition) is 4. The molecule has 2 aromatic heterocycles. The predicted octanol–water partition coefficient (Wildman–Crippen LogP) is 3.76. The first kappa shape index (κ1) is 16.3. The topological polar surface area (TPSA) is 54.9 Å². The third-order valence-electron chi connectivity index (χ3n) is 3.60. The Morgan fingerprint density at radius 1 is 1.21 bits per heavy atom. The lowest BCUT2D eigenvalue weighted by Gasteiger charge is -2.12. The zero-order chi connectivity index (χ0) is 16.9. The summed E-state index contributed by atoms with van der Waals surface area (Å²) in [5.74, 6) is -0.412. The maximum Gasteiger partial charge on any atom is 0.263 e. The number of benzene rings is 1. The van der Waals surface area contributed by atoms with E-state index in [2.05, 4.69) is 15.3 Å². The fraction of sp³-hybridized carbons (Fsp3) is 0.167. The van der Waals surface area contributed by atoms with E-state index in [0.717, 1.165) is 16.1 Å². The van der Waals surface area contributed by atoms with Gasteiger partial charge in [-0.05, 0) is 42.3 Å². The summed E-state index contributed by atoms with van der Waals surface area (Å²) in [5.41, 5.74) is 1.96. The van der Waals surface area contributed by atoms with Crippen molar-refractivity contribution in [2.75, 3.05) is 0 Å². The fourth-order valence-corrected chi connectivity index (χ4v) is 3.13. The second-order valence-corrected chi connectivity index (χ2v) is 6.51. The highest BCUT2D eigenvalue weighted by Gasteiger charge is 2.14. The van der Waals surface area contributed by atoms with Crippen molar-refractivity contribution >= 4 is 17.2 Å². The Balaban J connectivity index is 1.64. The molecule has 6 heteroatoms. The van der Waals surface area contributed by atoms with Crippen LogP contribution in [0.5, 0.6) is 0 Å². The Bertz CT molecular complexity index is 818. The van der Waals surface area contributed by atoms with E-state index in [1.807, 2.05) is 19.1 Å². The summed E-state index contributed by atoms with van der Waals surface area (Å²) >= 11 is 1.35. The molecule has 122 valence electrons. The number of rotatable bonds is 5. The van der Waals surface area contributed by atoms with Crippen molar-refractivity contribution in [1.29, 1.82) is 0 Å². The van der Waals surface area contributed by atoms with Gasteiger partial charge < -0.3 is 5.32 Å². The monoisotopic (exact) mass is 341 g/mol. The number of pyridine rings is 1. The Kier molecular flexibility index (Phi) is 4.96. The van der Waals surface area contributed by atoms with E-state index in [-0.39, 0.29) is 17.8 Å². The SMILES string of the molecule is C[C@@H](NC(=O)c1cnc(Cc2ccc(F)cc2)s1)c1ccncc1. The van der Waals surface area contributed by atoms with Gasteiger partial charge in [-0.2, -0.15) is 0 Å². The second-order valence-electron chi connectivity index (χ2n) is 5.40. The van der Waals surface area contributed by atoms with E-state index in [9.17, 15) is 9.18 Å². The van der Waals surface area contributed by atoms with Crippen LogP contribution in [0.4, 0.5) is 4.39 Å². The number of nitrogens with zero attached hydrogens (tertiary/aromatic N) is 2. The third-order valence-corrected chi connectivity index (χ3v) is 4.60. The summed E-state index contributed by atoms with van der Waals surface area (Å²) in [4.78, 5) is 21.2. The molecule has 1 atom stereocenters. The highest BCUT2D eigenvalue weighted by molar-refractivity contribution is 7.13. The third kappa shape index (κ3) is 4.02. The molecule has 0 bridgehead atoms. The molecule has 0 fully saturated rings. The lowest BCUT2D eigenvalue weighted by Crippen LogP contribution is -2.25. The van der Waals surface area contributed by atoms with Crippen molar-refractivity contribution in [1.82, 2.24) is 15.3 Å². The zero-order valence-corrected chi connectivity index (χ0v) is 13.9. The van der Waals surface area contributed by atoms with Crippen LogP contribution < -0.4 is 5.32 Å². The van der Waals surface area contributed by atoms with E-state index >= 15 is 0 Å². The Labute approximate surface area is 143 Å². The largest absolute Gasteiger partial charge is 0.345 e. The molecule has 3 aromatic rings. The number of halogens is 1. The summed E-state index contributed by atoms with van der Waals surface area (Å²) in [6.45, 7) is 1.92. The first-order valence-electron chi connectivity index (χ1n) is 7.52. The predicted molar refractivity (Wildman–Crippen MR) is 91.4 cm³/mol. The Morgan fingerprint density at radius 2 is 1.92 bits per heavy atom. The zero-order valence-electron chi connectivity index (χ0n) is 13.1. The molecule has 4 nitrogen and oxygen atoms in total. The maximum atomic E-state index is 12.9. The molecule has 0 radical (unpaired) electrons. The summed E-state index contributed by atoms with van der Waals surface area (Å²) in [6.07, 6.45) is 5.56. The number of carbonyl (C=O) groups excluding carboxylic acids is 1. The molecule has 0 aliphatic carbocycles. The van der Waals surface area contributed by atoms with E-state index < -0.39 is 0 Å². The van der Waals surface area contributed by atoms with Crippen molar-refractivity contribution in [2.45, 2.75) is 19.4 Å². The molecule has 0 aliphatic rings. The van der Waals surface area contributed by atoms with E-state index in [4.69, 9.17) is 0 Å². The van der Waals surface area contributed by atoms with Crippen molar-refractivity contribution in [3.05, 3.63) is 81.8 Å². The number of hydrogen-bond donors (Lipinski definition) is 1. The molecule has 2 heterocycles. The molecule has 1 aromatic carbocycles. The van der Waals surface area contributed by atoms with Crippen LogP contribution in [-0.4, -0.2) is 15.9 Å². The minimum atomic E-state index is -0.261. The van der Waals surface area contributed by atoms with Crippen LogP contribution in [0.2, 0.25) is 0 Å². The quantitative estimate of drug-likeness (QED) is 0.769. The van der Waals surface area contributed by atoms with Gasteiger partial charge in [0.1, 0.15) is 10.7 Å². The van der Waals surface area contributed by atoms with Crippen molar-refractivity contribution in [3.8, 4) is 0 Å². The van der Waals surface area contributed by atoms with Gasteiger partial charge in [0.05, 0.1) is 17.2 Å². The Hall–Kier alpha value is -2.60. The molecule has 0 unspecified atom stereocenters. The smallest absolute Gasteiger partial charge is 0.263 e. The van der Waals surface area contributed by atoms with Gasteiger partial charge in [0.15, 0.2) is 0 Å². The summed E-state index contributed by atoms with van der Waals surface area (Å²) in [5, 5.41) is 3.77. The van der Waals surface area contributed by atoms with Gasteiger partial charge in [-0.25, -0.2) is 9.37 Å². The van der Waals surface area contributed by atoms with Crippen molar-refractivity contribution < 1.29 is 9.18 Å². The second kappa shape index (κ2) is 7.31. The lowest BCUT2D eigenvalue weighted by atomic mass is 10.1. The van der Waals surface area contributed by atoms with Gasteiger partial charge in [-0.1, -0.05) is 12.1 Å². The summed E-state index contributed by atoms with van der Waals surface area (Å²) in [7, 11) is 0.